The molecule has 1 aliphatic rings. The SMILES string of the molecule is CCc1ccccc1N1CC(c2nnc(NC(=O)c3ccc(OC(C)=O)cc3)s2)CC1=O. The van der Waals surface area contributed by atoms with Crippen LogP contribution in [0.15, 0.2) is 48.5 Å². The normalized spacial score (nSPS) is 15.6. The van der Waals surface area contributed by atoms with Gasteiger partial charge in [0, 0.05) is 37.1 Å². The molecule has 2 aromatic carbocycles. The molecular formula is C23H22N4O4S. The molecule has 0 bridgehead atoms. The van der Waals surface area contributed by atoms with Gasteiger partial charge in [-0.05, 0) is 42.3 Å². The highest BCUT2D eigenvalue weighted by atomic mass is 32.1. The molecule has 3 aromatic rings. The quantitative estimate of drug-likeness (QED) is 0.453. The molecule has 0 spiro atoms. The Bertz CT molecular complexity index is 1160. The van der Waals surface area contributed by atoms with Crippen molar-refractivity contribution in [3.63, 3.8) is 0 Å². The smallest absolute Gasteiger partial charge is 0.308 e. The number of hydrogen-bond acceptors (Lipinski definition) is 7. The maximum atomic E-state index is 12.7. The van der Waals surface area contributed by atoms with Crippen molar-refractivity contribution in [2.24, 2.45) is 0 Å². The molecule has 0 aliphatic carbocycles. The van der Waals surface area contributed by atoms with Crippen molar-refractivity contribution in [2.45, 2.75) is 32.6 Å². The van der Waals surface area contributed by atoms with Gasteiger partial charge in [-0.3, -0.25) is 19.7 Å². The lowest BCUT2D eigenvalue weighted by Crippen LogP contribution is -2.25. The third-order valence-electron chi connectivity index (χ3n) is 5.18. The molecular weight excluding hydrogens is 428 g/mol. The van der Waals surface area contributed by atoms with Crippen LogP contribution in [-0.2, 0) is 16.0 Å². The van der Waals surface area contributed by atoms with E-state index in [0.29, 0.717) is 29.4 Å². The van der Waals surface area contributed by atoms with E-state index >= 15 is 0 Å². The van der Waals surface area contributed by atoms with Gasteiger partial charge in [0.1, 0.15) is 10.8 Å². The van der Waals surface area contributed by atoms with E-state index in [0.717, 1.165) is 22.7 Å². The number of esters is 1. The number of ether oxygens (including phenoxy) is 1. The highest BCUT2D eigenvalue weighted by molar-refractivity contribution is 7.15. The van der Waals surface area contributed by atoms with E-state index in [2.05, 4.69) is 22.4 Å². The molecule has 0 saturated carbocycles. The Morgan fingerprint density at radius 1 is 1.16 bits per heavy atom. The third kappa shape index (κ3) is 4.67. The van der Waals surface area contributed by atoms with Crippen LogP contribution in [-0.4, -0.2) is 34.5 Å². The molecule has 0 radical (unpaired) electrons. The highest BCUT2D eigenvalue weighted by Gasteiger charge is 2.34. The number of benzene rings is 2. The van der Waals surface area contributed by atoms with Crippen molar-refractivity contribution in [1.82, 2.24) is 10.2 Å². The molecule has 1 aliphatic heterocycles. The summed E-state index contributed by atoms with van der Waals surface area (Å²) in [5.41, 5.74) is 2.47. The average molecular weight is 451 g/mol. The number of amides is 2. The number of aromatic nitrogens is 2. The monoisotopic (exact) mass is 450 g/mol. The van der Waals surface area contributed by atoms with Crippen molar-refractivity contribution in [3.8, 4) is 5.75 Å². The Hall–Kier alpha value is -3.59. The second-order valence-electron chi connectivity index (χ2n) is 7.41. The predicted octanol–water partition coefficient (Wildman–Crippen LogP) is 3.80. The maximum Gasteiger partial charge on any atom is 0.308 e. The van der Waals surface area contributed by atoms with E-state index in [-0.39, 0.29) is 17.7 Å². The van der Waals surface area contributed by atoms with Crippen molar-refractivity contribution in [1.29, 1.82) is 0 Å². The van der Waals surface area contributed by atoms with Gasteiger partial charge in [0.2, 0.25) is 11.0 Å². The van der Waals surface area contributed by atoms with Gasteiger partial charge in [-0.1, -0.05) is 36.5 Å². The Morgan fingerprint density at radius 2 is 1.91 bits per heavy atom. The fourth-order valence-electron chi connectivity index (χ4n) is 3.64. The zero-order valence-electron chi connectivity index (χ0n) is 17.7. The Balaban J connectivity index is 1.42. The first-order valence-electron chi connectivity index (χ1n) is 10.3. The topological polar surface area (TPSA) is 101 Å². The van der Waals surface area contributed by atoms with Crippen LogP contribution in [0.3, 0.4) is 0 Å². The molecule has 1 N–H and O–H groups in total. The lowest BCUT2D eigenvalue weighted by Gasteiger charge is -2.19. The summed E-state index contributed by atoms with van der Waals surface area (Å²) in [6.45, 7) is 3.92. The largest absolute Gasteiger partial charge is 0.427 e. The fourth-order valence-corrected chi connectivity index (χ4v) is 4.47. The Kier molecular flexibility index (Phi) is 6.27. The zero-order valence-corrected chi connectivity index (χ0v) is 18.5. The van der Waals surface area contributed by atoms with E-state index in [1.54, 1.807) is 24.3 Å². The molecule has 164 valence electrons. The zero-order chi connectivity index (χ0) is 22.7. The average Bonchev–Trinajstić information content (AvgIpc) is 3.40. The fraction of sp³-hybridized carbons (Fsp3) is 0.261. The van der Waals surface area contributed by atoms with E-state index in [1.807, 2.05) is 29.2 Å². The number of rotatable bonds is 6. The molecule has 1 fully saturated rings. The van der Waals surface area contributed by atoms with Crippen molar-refractivity contribution >= 4 is 39.9 Å². The summed E-state index contributed by atoms with van der Waals surface area (Å²) >= 11 is 1.27. The number of carbonyl (C=O) groups is 3. The van der Waals surface area contributed by atoms with E-state index < -0.39 is 5.97 Å². The van der Waals surface area contributed by atoms with Crippen LogP contribution in [0.5, 0.6) is 5.75 Å². The van der Waals surface area contributed by atoms with Gasteiger partial charge in [-0.25, -0.2) is 0 Å². The second-order valence-corrected chi connectivity index (χ2v) is 8.41. The standard InChI is InChI=1S/C23H22N4O4S/c1-3-15-6-4-5-7-19(15)27-13-17(12-20(27)29)22-25-26-23(32-22)24-21(30)16-8-10-18(11-9-16)31-14(2)28/h4-11,17H,3,12-13H2,1-2H3,(H,24,26,30). The first-order valence-corrected chi connectivity index (χ1v) is 11.1. The van der Waals surface area contributed by atoms with Crippen molar-refractivity contribution in [2.75, 3.05) is 16.8 Å². The minimum Gasteiger partial charge on any atom is -0.427 e. The molecule has 32 heavy (non-hydrogen) atoms. The lowest BCUT2D eigenvalue weighted by molar-refractivity contribution is -0.131. The molecule has 4 rings (SSSR count). The van der Waals surface area contributed by atoms with Gasteiger partial charge in [0.05, 0.1) is 0 Å². The highest BCUT2D eigenvalue weighted by Crippen LogP contribution is 2.35. The summed E-state index contributed by atoms with van der Waals surface area (Å²) in [4.78, 5) is 38.0. The number of nitrogens with one attached hydrogen (secondary N) is 1. The van der Waals surface area contributed by atoms with Crippen molar-refractivity contribution < 1.29 is 19.1 Å². The molecule has 2 amide bonds. The van der Waals surface area contributed by atoms with E-state index in [4.69, 9.17) is 4.74 Å². The van der Waals surface area contributed by atoms with E-state index in [1.165, 1.54) is 18.3 Å². The third-order valence-corrected chi connectivity index (χ3v) is 6.18. The van der Waals surface area contributed by atoms with Gasteiger partial charge < -0.3 is 9.64 Å². The number of nitrogens with zero attached hydrogens (tertiary/aromatic N) is 3. The number of anilines is 2. The lowest BCUT2D eigenvalue weighted by atomic mass is 10.1. The van der Waals surface area contributed by atoms with Gasteiger partial charge in [0.15, 0.2) is 0 Å². The summed E-state index contributed by atoms with van der Waals surface area (Å²) in [5, 5.41) is 12.1. The van der Waals surface area contributed by atoms with Crippen LogP contribution >= 0.6 is 11.3 Å². The Labute approximate surface area is 189 Å². The summed E-state index contributed by atoms with van der Waals surface area (Å²) in [6.07, 6.45) is 1.21. The first kappa shape index (κ1) is 21.6. The Morgan fingerprint density at radius 3 is 2.62 bits per heavy atom. The van der Waals surface area contributed by atoms with Gasteiger partial charge in [-0.15, -0.1) is 10.2 Å². The van der Waals surface area contributed by atoms with Crippen molar-refractivity contribution in [3.05, 3.63) is 64.7 Å². The van der Waals surface area contributed by atoms with Gasteiger partial charge in [-0.2, -0.15) is 0 Å². The summed E-state index contributed by atoms with van der Waals surface area (Å²) in [7, 11) is 0. The van der Waals surface area contributed by atoms with E-state index in [9.17, 15) is 14.4 Å². The maximum absolute atomic E-state index is 12.7. The molecule has 1 saturated heterocycles. The van der Waals surface area contributed by atoms with Crippen LogP contribution in [0.2, 0.25) is 0 Å². The van der Waals surface area contributed by atoms with Crippen LogP contribution in [0.4, 0.5) is 10.8 Å². The van der Waals surface area contributed by atoms with Crippen LogP contribution in [0, 0.1) is 0 Å². The molecule has 8 nitrogen and oxygen atoms in total. The second kappa shape index (κ2) is 9.27. The molecule has 1 aromatic heterocycles. The summed E-state index contributed by atoms with van der Waals surface area (Å²) < 4.78 is 4.97. The minimum absolute atomic E-state index is 0.0598. The summed E-state index contributed by atoms with van der Waals surface area (Å²) in [5.74, 6) is -0.413. The molecule has 1 atom stereocenters. The molecule has 9 heteroatoms. The van der Waals surface area contributed by atoms with Crippen LogP contribution < -0.4 is 15.0 Å². The van der Waals surface area contributed by atoms with Crippen LogP contribution in [0.25, 0.3) is 0 Å². The van der Waals surface area contributed by atoms with Crippen LogP contribution in [0.1, 0.15) is 47.1 Å². The molecule has 2 heterocycles. The number of aryl methyl sites for hydroxylation is 1. The summed E-state index contributed by atoms with van der Waals surface area (Å²) in [6, 6.07) is 14.1. The number of carbonyl (C=O) groups excluding carboxylic acids is 3. The van der Waals surface area contributed by atoms with Gasteiger partial charge >= 0.3 is 5.97 Å². The minimum atomic E-state index is -0.425. The number of para-hydroxylation sites is 1. The molecule has 1 unspecified atom stereocenters. The predicted molar refractivity (Wildman–Crippen MR) is 121 cm³/mol. The first-order chi connectivity index (χ1) is 15.4. The van der Waals surface area contributed by atoms with Gasteiger partial charge in [0.25, 0.3) is 5.91 Å². The number of hydrogen-bond donors (Lipinski definition) is 1.